The number of rotatable bonds is 5. The number of nitrogens with one attached hydrogen (secondary N) is 1. The van der Waals surface area contributed by atoms with Crippen LogP contribution in [0.15, 0.2) is 24.3 Å². The van der Waals surface area contributed by atoms with Gasteiger partial charge in [-0.15, -0.1) is 0 Å². The summed E-state index contributed by atoms with van der Waals surface area (Å²) >= 11 is 1.92. The molecule has 0 unspecified atom stereocenters. The van der Waals surface area contributed by atoms with Gasteiger partial charge in [0.2, 0.25) is 5.91 Å². The molecule has 0 aliphatic carbocycles. The van der Waals surface area contributed by atoms with Gasteiger partial charge >= 0.3 is 0 Å². The minimum absolute atomic E-state index is 0.352. The second-order valence-corrected chi connectivity index (χ2v) is 5.13. The Morgan fingerprint density at radius 1 is 1.50 bits per heavy atom. The number of thioether (sulfide) groups is 1. The molecule has 2 rings (SSSR count). The minimum Gasteiger partial charge on any atom is -0.366 e. The molecule has 1 aliphatic heterocycles. The number of benzene rings is 1. The van der Waals surface area contributed by atoms with E-state index in [1.54, 1.807) is 6.07 Å². The van der Waals surface area contributed by atoms with E-state index in [1.165, 1.54) is 11.3 Å². The zero-order chi connectivity index (χ0) is 11.4. The van der Waals surface area contributed by atoms with Crippen LogP contribution in [0.25, 0.3) is 0 Å². The normalized spacial score (nSPS) is 15.8. The fourth-order valence-electron chi connectivity index (χ4n) is 1.62. The van der Waals surface area contributed by atoms with E-state index in [-0.39, 0.29) is 5.91 Å². The van der Waals surface area contributed by atoms with E-state index in [4.69, 9.17) is 5.73 Å². The van der Waals surface area contributed by atoms with E-state index in [0.717, 1.165) is 24.8 Å². The van der Waals surface area contributed by atoms with Gasteiger partial charge in [-0.2, -0.15) is 11.8 Å². The highest BCUT2D eigenvalue weighted by Crippen LogP contribution is 2.18. The molecule has 1 amide bonds. The maximum atomic E-state index is 11.0. The van der Waals surface area contributed by atoms with Crippen molar-refractivity contribution in [3.05, 3.63) is 35.4 Å². The monoisotopic (exact) mass is 236 g/mol. The summed E-state index contributed by atoms with van der Waals surface area (Å²) in [5, 5.41) is 3.26. The van der Waals surface area contributed by atoms with Crippen molar-refractivity contribution in [2.75, 3.05) is 18.8 Å². The van der Waals surface area contributed by atoms with Crippen LogP contribution in [0, 0.1) is 5.92 Å². The van der Waals surface area contributed by atoms with Gasteiger partial charge in [0.1, 0.15) is 0 Å². The first-order valence-corrected chi connectivity index (χ1v) is 6.58. The van der Waals surface area contributed by atoms with Crippen LogP contribution < -0.4 is 11.1 Å². The molecule has 86 valence electrons. The Hall–Kier alpha value is -1.00. The van der Waals surface area contributed by atoms with Gasteiger partial charge in [0.25, 0.3) is 0 Å². The number of hydrogen-bond acceptors (Lipinski definition) is 3. The van der Waals surface area contributed by atoms with Crippen molar-refractivity contribution < 1.29 is 4.79 Å². The predicted molar refractivity (Wildman–Crippen MR) is 67.5 cm³/mol. The Balaban J connectivity index is 1.83. The van der Waals surface area contributed by atoms with Crippen molar-refractivity contribution in [2.45, 2.75) is 5.75 Å². The standard InChI is InChI=1S/C12H16N2OS/c13-12(15)11-3-1-2-9(4-11)7-16-8-10-5-14-6-10/h1-4,10,14H,5-8H2,(H2,13,15). The Morgan fingerprint density at radius 2 is 2.31 bits per heavy atom. The van der Waals surface area contributed by atoms with Gasteiger partial charge in [0.05, 0.1) is 0 Å². The van der Waals surface area contributed by atoms with Crippen LogP contribution in [0.4, 0.5) is 0 Å². The number of hydrogen-bond donors (Lipinski definition) is 2. The molecule has 0 aromatic heterocycles. The van der Waals surface area contributed by atoms with E-state index in [9.17, 15) is 4.79 Å². The highest BCUT2D eigenvalue weighted by Gasteiger charge is 2.15. The SMILES string of the molecule is NC(=O)c1cccc(CSCC2CNC2)c1. The molecule has 1 aromatic rings. The molecule has 3 N–H and O–H groups in total. The lowest BCUT2D eigenvalue weighted by molar-refractivity contribution is 0.1000. The van der Waals surface area contributed by atoms with Crippen molar-refractivity contribution in [3.8, 4) is 0 Å². The van der Waals surface area contributed by atoms with E-state index < -0.39 is 0 Å². The van der Waals surface area contributed by atoms with Crippen molar-refractivity contribution in [3.63, 3.8) is 0 Å². The number of amides is 1. The predicted octanol–water partition coefficient (Wildman–Crippen LogP) is 1.24. The van der Waals surface area contributed by atoms with Crippen molar-refractivity contribution in [1.82, 2.24) is 5.32 Å². The van der Waals surface area contributed by atoms with E-state index >= 15 is 0 Å². The summed E-state index contributed by atoms with van der Waals surface area (Å²) < 4.78 is 0. The summed E-state index contributed by atoms with van der Waals surface area (Å²) in [7, 11) is 0. The van der Waals surface area contributed by atoms with Crippen molar-refractivity contribution in [1.29, 1.82) is 0 Å². The molecular weight excluding hydrogens is 220 g/mol. The molecule has 0 atom stereocenters. The molecule has 0 spiro atoms. The second-order valence-electron chi connectivity index (χ2n) is 4.10. The summed E-state index contributed by atoms with van der Waals surface area (Å²) in [6.45, 7) is 2.29. The number of carbonyl (C=O) groups is 1. The first kappa shape index (κ1) is 11.5. The molecule has 0 saturated carbocycles. The average molecular weight is 236 g/mol. The lowest BCUT2D eigenvalue weighted by atomic mass is 10.1. The molecule has 0 bridgehead atoms. The van der Waals surface area contributed by atoms with Gasteiger partial charge in [0, 0.05) is 11.3 Å². The minimum atomic E-state index is -0.352. The Labute approximate surface area is 99.8 Å². The molecule has 16 heavy (non-hydrogen) atoms. The molecule has 1 fully saturated rings. The summed E-state index contributed by atoms with van der Waals surface area (Å²) in [6, 6.07) is 7.57. The van der Waals surface area contributed by atoms with Crippen LogP contribution in [-0.2, 0) is 5.75 Å². The molecule has 4 heteroatoms. The van der Waals surface area contributed by atoms with Gasteiger partial charge in [-0.05, 0) is 42.5 Å². The van der Waals surface area contributed by atoms with Crippen molar-refractivity contribution >= 4 is 17.7 Å². The van der Waals surface area contributed by atoms with Crippen LogP contribution in [0.3, 0.4) is 0 Å². The lowest BCUT2D eigenvalue weighted by Crippen LogP contribution is -2.43. The first-order valence-electron chi connectivity index (χ1n) is 5.43. The number of primary amides is 1. The fourth-order valence-corrected chi connectivity index (χ4v) is 2.73. The molecule has 0 radical (unpaired) electrons. The van der Waals surface area contributed by atoms with Gasteiger partial charge in [-0.25, -0.2) is 0 Å². The Bertz CT molecular complexity index is 377. The Kier molecular flexibility index (Phi) is 3.85. The zero-order valence-corrected chi connectivity index (χ0v) is 9.93. The third-order valence-electron chi connectivity index (χ3n) is 2.70. The molecule has 1 heterocycles. The average Bonchev–Trinajstić information content (AvgIpc) is 2.22. The van der Waals surface area contributed by atoms with Crippen LogP contribution >= 0.6 is 11.8 Å². The van der Waals surface area contributed by atoms with E-state index in [0.29, 0.717) is 5.56 Å². The third kappa shape index (κ3) is 3.00. The molecule has 1 aromatic carbocycles. The molecule has 1 saturated heterocycles. The Morgan fingerprint density at radius 3 is 2.94 bits per heavy atom. The maximum absolute atomic E-state index is 11.0. The lowest BCUT2D eigenvalue weighted by Gasteiger charge is -2.26. The topological polar surface area (TPSA) is 55.1 Å². The fraction of sp³-hybridized carbons (Fsp3) is 0.417. The summed E-state index contributed by atoms with van der Waals surface area (Å²) in [4.78, 5) is 11.0. The third-order valence-corrected chi connectivity index (χ3v) is 3.94. The molecular formula is C12H16N2OS. The second kappa shape index (κ2) is 5.37. The summed E-state index contributed by atoms with van der Waals surface area (Å²) in [6.07, 6.45) is 0. The van der Waals surface area contributed by atoms with E-state index in [1.807, 2.05) is 30.0 Å². The van der Waals surface area contributed by atoms with Crippen LogP contribution in [0.5, 0.6) is 0 Å². The number of nitrogens with two attached hydrogens (primary N) is 1. The van der Waals surface area contributed by atoms with Crippen LogP contribution in [0.2, 0.25) is 0 Å². The van der Waals surface area contributed by atoms with E-state index in [2.05, 4.69) is 5.32 Å². The number of carbonyl (C=O) groups excluding carboxylic acids is 1. The summed E-state index contributed by atoms with van der Waals surface area (Å²) in [5.74, 6) is 2.62. The van der Waals surface area contributed by atoms with Gasteiger partial charge in [-0.3, -0.25) is 4.79 Å². The zero-order valence-electron chi connectivity index (χ0n) is 9.11. The van der Waals surface area contributed by atoms with Crippen LogP contribution in [0.1, 0.15) is 15.9 Å². The molecule has 3 nitrogen and oxygen atoms in total. The maximum Gasteiger partial charge on any atom is 0.248 e. The smallest absolute Gasteiger partial charge is 0.248 e. The van der Waals surface area contributed by atoms with Gasteiger partial charge in [0.15, 0.2) is 0 Å². The van der Waals surface area contributed by atoms with Crippen molar-refractivity contribution in [2.24, 2.45) is 11.7 Å². The highest BCUT2D eigenvalue weighted by atomic mass is 32.2. The summed E-state index contributed by atoms with van der Waals surface area (Å²) in [5.41, 5.74) is 7.01. The first-order chi connectivity index (χ1) is 7.75. The van der Waals surface area contributed by atoms with Crippen LogP contribution in [-0.4, -0.2) is 24.7 Å². The molecule has 1 aliphatic rings. The largest absolute Gasteiger partial charge is 0.366 e. The quantitative estimate of drug-likeness (QED) is 0.808. The highest BCUT2D eigenvalue weighted by molar-refractivity contribution is 7.98. The van der Waals surface area contributed by atoms with Gasteiger partial charge in [-0.1, -0.05) is 12.1 Å². The van der Waals surface area contributed by atoms with Gasteiger partial charge < -0.3 is 11.1 Å².